The Labute approximate surface area is 101 Å². The summed E-state index contributed by atoms with van der Waals surface area (Å²) in [5.74, 6) is 0.684. The quantitative estimate of drug-likeness (QED) is 0.565. The van der Waals surface area contributed by atoms with E-state index in [1.807, 2.05) is 13.8 Å². The lowest BCUT2D eigenvalue weighted by Crippen LogP contribution is -2.07. The van der Waals surface area contributed by atoms with Gasteiger partial charge in [-0.05, 0) is 26.7 Å². The Balaban J connectivity index is 2.02. The van der Waals surface area contributed by atoms with Crippen molar-refractivity contribution < 1.29 is 9.15 Å². The minimum Gasteiger partial charge on any atom is -0.407 e. The molecular formula is C10H18ClN3O2. The second kappa shape index (κ2) is 7.46. The molecule has 0 fully saturated rings. The van der Waals surface area contributed by atoms with Gasteiger partial charge in [-0.3, -0.25) is 0 Å². The van der Waals surface area contributed by atoms with Crippen LogP contribution in [0.15, 0.2) is 4.42 Å². The van der Waals surface area contributed by atoms with E-state index in [9.17, 15) is 0 Å². The third-order valence-electron chi connectivity index (χ3n) is 1.88. The number of anilines is 1. The van der Waals surface area contributed by atoms with Gasteiger partial charge in [0.15, 0.2) is 0 Å². The second-order valence-corrected chi connectivity index (χ2v) is 3.96. The molecule has 0 atom stereocenters. The van der Waals surface area contributed by atoms with Crippen LogP contribution in [0.3, 0.4) is 0 Å². The SMILES string of the molecule is CC(C)OCCCCNc1nnc(CCl)o1. The highest BCUT2D eigenvalue weighted by atomic mass is 35.5. The summed E-state index contributed by atoms with van der Waals surface area (Å²) in [5, 5.41) is 10.6. The minimum atomic E-state index is 0.247. The van der Waals surface area contributed by atoms with Crippen molar-refractivity contribution in [2.75, 3.05) is 18.5 Å². The van der Waals surface area contributed by atoms with Crippen LogP contribution in [0.2, 0.25) is 0 Å². The van der Waals surface area contributed by atoms with Gasteiger partial charge in [0.2, 0.25) is 5.89 Å². The zero-order valence-electron chi connectivity index (χ0n) is 9.70. The molecule has 0 amide bonds. The van der Waals surface area contributed by atoms with E-state index in [1.165, 1.54) is 0 Å². The number of ether oxygens (including phenoxy) is 1. The smallest absolute Gasteiger partial charge is 0.315 e. The average Bonchev–Trinajstić information content (AvgIpc) is 2.70. The topological polar surface area (TPSA) is 60.2 Å². The molecule has 0 aliphatic rings. The molecule has 0 spiro atoms. The van der Waals surface area contributed by atoms with Gasteiger partial charge in [0.25, 0.3) is 0 Å². The molecule has 0 aliphatic heterocycles. The largest absolute Gasteiger partial charge is 0.407 e. The minimum absolute atomic E-state index is 0.247. The lowest BCUT2D eigenvalue weighted by Gasteiger charge is -2.06. The summed E-state index contributed by atoms with van der Waals surface area (Å²) in [6, 6.07) is 0.431. The predicted octanol–water partition coefficient (Wildman–Crippen LogP) is 2.43. The molecule has 92 valence electrons. The number of unbranched alkanes of at least 4 members (excludes halogenated alkanes) is 1. The fourth-order valence-corrected chi connectivity index (χ4v) is 1.23. The van der Waals surface area contributed by atoms with E-state index in [2.05, 4.69) is 15.5 Å². The van der Waals surface area contributed by atoms with Crippen molar-refractivity contribution in [3.8, 4) is 0 Å². The first kappa shape index (κ1) is 13.3. The van der Waals surface area contributed by atoms with E-state index >= 15 is 0 Å². The van der Waals surface area contributed by atoms with Crippen molar-refractivity contribution in [1.29, 1.82) is 0 Å². The standard InChI is InChI=1S/C10H18ClN3O2/c1-8(2)15-6-4-3-5-12-10-14-13-9(7-11)16-10/h8H,3-7H2,1-2H3,(H,12,14). The van der Waals surface area contributed by atoms with Gasteiger partial charge in [0, 0.05) is 13.2 Å². The summed E-state index contributed by atoms with van der Waals surface area (Å²) in [6.07, 6.45) is 2.32. The second-order valence-electron chi connectivity index (χ2n) is 3.69. The van der Waals surface area contributed by atoms with Gasteiger partial charge in [-0.15, -0.1) is 16.7 Å². The van der Waals surface area contributed by atoms with Crippen LogP contribution in [0, 0.1) is 0 Å². The van der Waals surface area contributed by atoms with Crippen LogP contribution in [-0.2, 0) is 10.6 Å². The molecule has 0 aliphatic carbocycles. The van der Waals surface area contributed by atoms with Crippen molar-refractivity contribution in [2.24, 2.45) is 0 Å². The fraction of sp³-hybridized carbons (Fsp3) is 0.800. The molecule has 0 saturated carbocycles. The molecule has 0 unspecified atom stereocenters. The molecule has 1 aromatic rings. The molecule has 16 heavy (non-hydrogen) atoms. The highest BCUT2D eigenvalue weighted by Gasteiger charge is 2.02. The van der Waals surface area contributed by atoms with E-state index in [-0.39, 0.29) is 5.88 Å². The summed E-state index contributed by atoms with van der Waals surface area (Å²) < 4.78 is 10.6. The lowest BCUT2D eigenvalue weighted by molar-refractivity contribution is 0.0765. The monoisotopic (exact) mass is 247 g/mol. The maximum absolute atomic E-state index is 5.53. The Morgan fingerprint density at radius 2 is 2.19 bits per heavy atom. The number of nitrogens with one attached hydrogen (secondary N) is 1. The summed E-state index contributed by atoms with van der Waals surface area (Å²) in [6.45, 7) is 5.65. The number of rotatable bonds is 8. The Morgan fingerprint density at radius 3 is 2.81 bits per heavy atom. The number of aromatic nitrogens is 2. The molecule has 0 bridgehead atoms. The van der Waals surface area contributed by atoms with Gasteiger partial charge in [-0.2, -0.15) is 0 Å². The van der Waals surface area contributed by atoms with E-state index in [0.29, 0.717) is 18.0 Å². The maximum Gasteiger partial charge on any atom is 0.315 e. The summed E-state index contributed by atoms with van der Waals surface area (Å²) >= 11 is 5.53. The van der Waals surface area contributed by atoms with Crippen molar-refractivity contribution in [1.82, 2.24) is 10.2 Å². The first-order valence-corrected chi connectivity index (χ1v) is 5.99. The van der Waals surface area contributed by atoms with Crippen LogP contribution in [-0.4, -0.2) is 29.5 Å². The number of alkyl halides is 1. The average molecular weight is 248 g/mol. The number of halogens is 1. The molecule has 5 nitrogen and oxygen atoms in total. The molecule has 1 rings (SSSR count). The lowest BCUT2D eigenvalue weighted by atomic mass is 10.3. The summed E-state index contributed by atoms with van der Waals surface area (Å²) in [5.41, 5.74) is 0. The zero-order chi connectivity index (χ0) is 11.8. The van der Waals surface area contributed by atoms with Crippen molar-refractivity contribution in [2.45, 2.75) is 38.7 Å². The molecular weight excluding hydrogens is 230 g/mol. The molecule has 0 saturated heterocycles. The van der Waals surface area contributed by atoms with Crippen LogP contribution < -0.4 is 5.32 Å². The van der Waals surface area contributed by atoms with Gasteiger partial charge < -0.3 is 14.5 Å². The molecule has 1 aromatic heterocycles. The first-order chi connectivity index (χ1) is 7.72. The predicted molar refractivity (Wildman–Crippen MR) is 62.7 cm³/mol. The maximum atomic E-state index is 5.53. The number of hydrogen-bond acceptors (Lipinski definition) is 5. The third kappa shape index (κ3) is 5.32. The normalized spacial score (nSPS) is 11.0. The Bertz CT molecular complexity index is 291. The highest BCUT2D eigenvalue weighted by molar-refractivity contribution is 6.16. The number of hydrogen-bond donors (Lipinski definition) is 1. The van der Waals surface area contributed by atoms with Crippen LogP contribution in [0.25, 0.3) is 0 Å². The summed E-state index contributed by atoms with van der Waals surface area (Å²) in [7, 11) is 0. The van der Waals surface area contributed by atoms with Gasteiger partial charge >= 0.3 is 6.01 Å². The van der Waals surface area contributed by atoms with Crippen LogP contribution in [0.4, 0.5) is 6.01 Å². The number of nitrogens with zero attached hydrogens (tertiary/aromatic N) is 2. The van der Waals surface area contributed by atoms with E-state index < -0.39 is 0 Å². The van der Waals surface area contributed by atoms with E-state index in [4.69, 9.17) is 20.8 Å². The van der Waals surface area contributed by atoms with Gasteiger partial charge in [-0.1, -0.05) is 5.10 Å². The Hall–Kier alpha value is -0.810. The van der Waals surface area contributed by atoms with E-state index in [1.54, 1.807) is 0 Å². The van der Waals surface area contributed by atoms with Gasteiger partial charge in [-0.25, -0.2) is 0 Å². The molecule has 6 heteroatoms. The van der Waals surface area contributed by atoms with Crippen LogP contribution >= 0.6 is 11.6 Å². The van der Waals surface area contributed by atoms with Gasteiger partial charge in [0.1, 0.15) is 5.88 Å². The molecule has 0 aromatic carbocycles. The molecule has 1 N–H and O–H groups in total. The van der Waals surface area contributed by atoms with Crippen molar-refractivity contribution in [3.63, 3.8) is 0 Å². The zero-order valence-corrected chi connectivity index (χ0v) is 10.5. The first-order valence-electron chi connectivity index (χ1n) is 5.46. The summed E-state index contributed by atoms with van der Waals surface area (Å²) in [4.78, 5) is 0. The van der Waals surface area contributed by atoms with Crippen LogP contribution in [0.1, 0.15) is 32.6 Å². The highest BCUT2D eigenvalue weighted by Crippen LogP contribution is 2.07. The van der Waals surface area contributed by atoms with Crippen molar-refractivity contribution >= 4 is 17.6 Å². The van der Waals surface area contributed by atoms with Crippen LogP contribution in [0.5, 0.6) is 0 Å². The van der Waals surface area contributed by atoms with Gasteiger partial charge in [0.05, 0.1) is 6.10 Å². The third-order valence-corrected chi connectivity index (χ3v) is 2.11. The Morgan fingerprint density at radius 1 is 1.38 bits per heavy atom. The Kier molecular flexibility index (Phi) is 6.18. The van der Waals surface area contributed by atoms with Crippen molar-refractivity contribution in [3.05, 3.63) is 5.89 Å². The molecule has 0 radical (unpaired) electrons. The fourth-order valence-electron chi connectivity index (χ4n) is 1.12. The van der Waals surface area contributed by atoms with E-state index in [0.717, 1.165) is 26.0 Å². The molecule has 1 heterocycles.